The van der Waals surface area contributed by atoms with Gasteiger partial charge in [-0.1, -0.05) is 6.08 Å². The molecule has 1 aliphatic rings. The zero-order chi connectivity index (χ0) is 5.66. The van der Waals surface area contributed by atoms with Gasteiger partial charge in [-0.15, -0.1) is 0 Å². The molecule has 0 radical (unpaired) electrons. The van der Waals surface area contributed by atoms with Gasteiger partial charge in [-0.25, -0.2) is 0 Å². The van der Waals surface area contributed by atoms with Crippen molar-refractivity contribution in [3.05, 3.63) is 42.9 Å². The van der Waals surface area contributed by atoms with Gasteiger partial charge in [0.1, 0.15) is 0 Å². The molecule has 0 aromatic rings. The summed E-state index contributed by atoms with van der Waals surface area (Å²) in [5.74, 6) is 0. The third kappa shape index (κ3) is 1.69. The topological polar surface area (TPSA) is 0 Å². The number of hydrogen-bond donors (Lipinski definition) is 0. The van der Waals surface area contributed by atoms with Gasteiger partial charge >= 0.3 is 0 Å². The lowest BCUT2D eigenvalue weighted by molar-refractivity contribution is 1.37. The lowest BCUT2D eigenvalue weighted by atomic mass is 10.2. The van der Waals surface area contributed by atoms with Crippen LogP contribution in [0.2, 0.25) is 0 Å². The van der Waals surface area contributed by atoms with E-state index in [9.17, 15) is 0 Å². The maximum absolute atomic E-state index is 2.12. The molecule has 0 atom stereocenters. The van der Waals surface area contributed by atoms with Crippen molar-refractivity contribution in [2.75, 3.05) is 0 Å². The van der Waals surface area contributed by atoms with E-state index >= 15 is 0 Å². The van der Waals surface area contributed by atoms with E-state index in [4.69, 9.17) is 0 Å². The Balaban J connectivity index is 2.51. The number of hydrogen-bond acceptors (Lipinski definition) is 0. The van der Waals surface area contributed by atoms with Crippen LogP contribution in [0.5, 0.6) is 0 Å². The fourth-order valence-electron chi connectivity index (χ4n) is 0.585. The van der Waals surface area contributed by atoms with Gasteiger partial charge in [0.05, 0.1) is 0 Å². The summed E-state index contributed by atoms with van der Waals surface area (Å²) >= 11 is 0. The van der Waals surface area contributed by atoms with Crippen LogP contribution < -0.4 is 0 Å². The van der Waals surface area contributed by atoms with Gasteiger partial charge in [0.25, 0.3) is 0 Å². The van der Waals surface area contributed by atoms with Crippen LogP contribution in [0.15, 0.2) is 36.5 Å². The summed E-state index contributed by atoms with van der Waals surface area (Å²) in [5.41, 5.74) is 0. The molecule has 0 amide bonds. The standard InChI is InChI=1S/C8H9/c1-2-4-6-8-7-5-3-1/h1-7H,8H2/q+1/b2-1-,6-4-,7-5-. The number of rotatable bonds is 0. The minimum absolute atomic E-state index is 1.06. The second-order valence-electron chi connectivity index (χ2n) is 1.67. The molecule has 0 bridgehead atoms. The zero-order valence-electron chi connectivity index (χ0n) is 4.75. The Hall–Kier alpha value is -0.910. The average molecular weight is 105 g/mol. The molecule has 1 aliphatic carbocycles. The Labute approximate surface area is 50.2 Å². The quantitative estimate of drug-likeness (QED) is 0.414. The van der Waals surface area contributed by atoms with Crippen LogP contribution in [0.4, 0.5) is 0 Å². The second kappa shape index (κ2) is 3.14. The van der Waals surface area contributed by atoms with Gasteiger partial charge in [0.15, 0.2) is 0 Å². The van der Waals surface area contributed by atoms with Crippen molar-refractivity contribution in [2.45, 2.75) is 6.42 Å². The molecule has 0 aromatic heterocycles. The summed E-state index contributed by atoms with van der Waals surface area (Å²) in [7, 11) is 0. The lowest BCUT2D eigenvalue weighted by Gasteiger charge is -1.77. The van der Waals surface area contributed by atoms with Gasteiger partial charge in [0, 0.05) is 37.1 Å². The highest BCUT2D eigenvalue weighted by molar-refractivity contribution is 5.17. The summed E-state index contributed by atoms with van der Waals surface area (Å²) in [6.07, 6.45) is 15.5. The minimum atomic E-state index is 1.06. The SMILES string of the molecule is C1=C\[CH+]/C=C\C\C=C/1. The Morgan fingerprint density at radius 2 is 2.00 bits per heavy atom. The van der Waals surface area contributed by atoms with Gasteiger partial charge in [-0.2, -0.15) is 0 Å². The van der Waals surface area contributed by atoms with Crippen LogP contribution in [-0.2, 0) is 0 Å². The first-order valence-corrected chi connectivity index (χ1v) is 2.82. The van der Waals surface area contributed by atoms with E-state index in [-0.39, 0.29) is 0 Å². The van der Waals surface area contributed by atoms with Crippen LogP contribution in [0, 0.1) is 6.42 Å². The van der Waals surface area contributed by atoms with Crippen molar-refractivity contribution in [3.63, 3.8) is 0 Å². The third-order valence-corrected chi connectivity index (χ3v) is 0.989. The molecule has 0 aliphatic heterocycles. The molecule has 8 heavy (non-hydrogen) atoms. The van der Waals surface area contributed by atoms with E-state index < -0.39 is 0 Å². The highest BCUT2D eigenvalue weighted by Gasteiger charge is 1.81. The molecule has 1 rings (SSSR count). The molecule has 0 unspecified atom stereocenters. The van der Waals surface area contributed by atoms with Crippen molar-refractivity contribution < 1.29 is 0 Å². The predicted molar refractivity (Wildman–Crippen MR) is 36.3 cm³/mol. The molecule has 40 valence electrons. The average Bonchev–Trinajstić information content (AvgIpc) is 1.62. The molecular formula is C8H9+. The Bertz CT molecular complexity index is 111. The molecule has 0 N–H and O–H groups in total. The van der Waals surface area contributed by atoms with E-state index in [0.717, 1.165) is 6.42 Å². The van der Waals surface area contributed by atoms with E-state index in [1.807, 2.05) is 18.6 Å². The van der Waals surface area contributed by atoms with Crippen molar-refractivity contribution in [1.82, 2.24) is 0 Å². The molecule has 0 saturated heterocycles. The van der Waals surface area contributed by atoms with Gasteiger partial charge in [0.2, 0.25) is 0 Å². The highest BCUT2D eigenvalue weighted by atomic mass is 13.8. The van der Waals surface area contributed by atoms with Gasteiger partial charge < -0.3 is 0 Å². The Kier molecular flexibility index (Phi) is 2.05. The van der Waals surface area contributed by atoms with Gasteiger partial charge in [-0.05, 0) is 6.08 Å². The molecule has 0 spiro atoms. The van der Waals surface area contributed by atoms with E-state index in [1.165, 1.54) is 0 Å². The minimum Gasteiger partial charge on any atom is -0.0548 e. The van der Waals surface area contributed by atoms with E-state index in [0.29, 0.717) is 0 Å². The number of allylic oxidation sites excluding steroid dienone is 6. The van der Waals surface area contributed by atoms with Crippen molar-refractivity contribution in [2.24, 2.45) is 0 Å². The molecule has 0 heterocycles. The molecule has 0 nitrogen and oxygen atoms in total. The molecule has 0 aromatic carbocycles. The molecule has 0 heteroatoms. The fourth-order valence-corrected chi connectivity index (χ4v) is 0.585. The van der Waals surface area contributed by atoms with Crippen LogP contribution in [0.25, 0.3) is 0 Å². The summed E-state index contributed by atoms with van der Waals surface area (Å²) in [6, 6.07) is 0. The summed E-state index contributed by atoms with van der Waals surface area (Å²) in [4.78, 5) is 0. The van der Waals surface area contributed by atoms with Crippen LogP contribution >= 0.6 is 0 Å². The molecule has 0 fully saturated rings. The maximum atomic E-state index is 2.12. The maximum Gasteiger partial charge on any atom is 0.0466 e. The van der Waals surface area contributed by atoms with E-state index in [2.05, 4.69) is 24.3 Å². The first-order valence-electron chi connectivity index (χ1n) is 2.82. The Morgan fingerprint density at radius 1 is 1.00 bits per heavy atom. The van der Waals surface area contributed by atoms with Crippen LogP contribution in [0.3, 0.4) is 0 Å². The molecular weight excluding hydrogens is 96.1 g/mol. The first-order chi connectivity index (χ1) is 4.00. The Morgan fingerprint density at radius 3 is 3.00 bits per heavy atom. The third-order valence-electron chi connectivity index (χ3n) is 0.989. The van der Waals surface area contributed by atoms with Gasteiger partial charge in [-0.3, -0.25) is 0 Å². The summed E-state index contributed by atoms with van der Waals surface area (Å²) in [6.45, 7) is 0. The molecule has 0 saturated carbocycles. The second-order valence-corrected chi connectivity index (χ2v) is 1.67. The lowest BCUT2D eigenvalue weighted by Crippen LogP contribution is -1.65. The van der Waals surface area contributed by atoms with Crippen LogP contribution in [0.1, 0.15) is 6.42 Å². The highest BCUT2D eigenvalue weighted by Crippen LogP contribution is 1.94. The smallest absolute Gasteiger partial charge is 0.0466 e. The summed E-state index contributed by atoms with van der Waals surface area (Å²) < 4.78 is 0. The zero-order valence-corrected chi connectivity index (χ0v) is 4.75. The van der Waals surface area contributed by atoms with Crippen molar-refractivity contribution in [1.29, 1.82) is 0 Å². The monoisotopic (exact) mass is 105 g/mol. The van der Waals surface area contributed by atoms with Crippen molar-refractivity contribution in [3.8, 4) is 0 Å². The predicted octanol–water partition coefficient (Wildman–Crippen LogP) is 2.26. The van der Waals surface area contributed by atoms with Crippen LogP contribution in [-0.4, -0.2) is 0 Å². The fraction of sp³-hybridized carbons (Fsp3) is 0.125. The normalized spacial score (nSPS) is 29.0. The largest absolute Gasteiger partial charge is 0.0548 e. The first kappa shape index (κ1) is 5.23. The summed E-state index contributed by atoms with van der Waals surface area (Å²) in [5, 5.41) is 0. The van der Waals surface area contributed by atoms with E-state index in [1.54, 1.807) is 0 Å². The van der Waals surface area contributed by atoms with Crippen molar-refractivity contribution >= 4 is 0 Å².